The predicted molar refractivity (Wildman–Crippen MR) is 122 cm³/mol. The number of aryl methyl sites for hydroxylation is 1. The van der Waals surface area contributed by atoms with Gasteiger partial charge in [-0.15, -0.1) is 0 Å². The summed E-state index contributed by atoms with van der Waals surface area (Å²) in [7, 11) is -3.35. The molecule has 0 atom stereocenters. The maximum atomic E-state index is 12.1. The average Bonchev–Trinajstić information content (AvgIpc) is 3.31. The first-order chi connectivity index (χ1) is 14.8. The second-order valence-electron chi connectivity index (χ2n) is 7.54. The molecule has 31 heavy (non-hydrogen) atoms. The highest BCUT2D eigenvalue weighted by Crippen LogP contribution is 2.30. The average molecular weight is 458 g/mol. The number of hydrogen-bond donors (Lipinski definition) is 3. The third-order valence-electron chi connectivity index (χ3n) is 4.21. The standard InChI is InChI=1S/C20H23N7O2S2/c1-13(2)12-31(28,29)26-15-4-6-16(7-5-15)30-19-11-18-21-8-9-27(18)20(23-19)22-17-10-14(3)24-25-17/h4-11,13,26H,12H2,1-3H3,(H2,22,23,24,25). The van der Waals surface area contributed by atoms with Gasteiger partial charge in [-0.2, -0.15) is 5.10 Å². The minimum atomic E-state index is -3.35. The Morgan fingerprint density at radius 2 is 1.97 bits per heavy atom. The third-order valence-corrected chi connectivity index (χ3v) is 6.79. The molecule has 0 saturated carbocycles. The van der Waals surface area contributed by atoms with Crippen molar-refractivity contribution in [2.24, 2.45) is 5.92 Å². The van der Waals surface area contributed by atoms with Gasteiger partial charge in [0.2, 0.25) is 16.0 Å². The van der Waals surface area contributed by atoms with Gasteiger partial charge in [0.15, 0.2) is 5.82 Å². The molecule has 0 radical (unpaired) electrons. The summed E-state index contributed by atoms with van der Waals surface area (Å²) in [6.07, 6.45) is 3.54. The minimum Gasteiger partial charge on any atom is -0.308 e. The van der Waals surface area contributed by atoms with E-state index in [-0.39, 0.29) is 11.7 Å². The van der Waals surface area contributed by atoms with Crippen molar-refractivity contribution in [3.63, 3.8) is 0 Å². The SMILES string of the molecule is Cc1cc(Nc2nc(Sc3ccc(NS(=O)(=O)CC(C)C)cc3)cc3nccn23)n[nH]1. The maximum absolute atomic E-state index is 12.1. The van der Waals surface area contributed by atoms with E-state index in [1.165, 1.54) is 11.8 Å². The molecule has 0 aliphatic rings. The number of sulfonamides is 1. The van der Waals surface area contributed by atoms with Crippen LogP contribution < -0.4 is 10.0 Å². The van der Waals surface area contributed by atoms with Crippen molar-refractivity contribution in [3.8, 4) is 0 Å². The lowest BCUT2D eigenvalue weighted by Crippen LogP contribution is -2.19. The van der Waals surface area contributed by atoms with Gasteiger partial charge in [-0.1, -0.05) is 25.6 Å². The molecule has 162 valence electrons. The van der Waals surface area contributed by atoms with Crippen LogP contribution in [0.15, 0.2) is 58.7 Å². The summed E-state index contributed by atoms with van der Waals surface area (Å²) in [6.45, 7) is 5.68. The first kappa shape index (κ1) is 21.2. The molecule has 0 aliphatic carbocycles. The van der Waals surface area contributed by atoms with Crippen LogP contribution in [-0.4, -0.2) is 38.7 Å². The number of H-pyrrole nitrogens is 1. The Balaban J connectivity index is 1.53. The number of fused-ring (bicyclic) bond motifs is 1. The second kappa shape index (κ2) is 8.60. The van der Waals surface area contributed by atoms with Crippen molar-refractivity contribution < 1.29 is 8.42 Å². The Morgan fingerprint density at radius 1 is 1.19 bits per heavy atom. The summed E-state index contributed by atoms with van der Waals surface area (Å²) in [5.74, 6) is 1.41. The number of imidazole rings is 1. The van der Waals surface area contributed by atoms with Crippen LogP contribution in [0.2, 0.25) is 0 Å². The van der Waals surface area contributed by atoms with E-state index >= 15 is 0 Å². The molecule has 3 aromatic heterocycles. The lowest BCUT2D eigenvalue weighted by Gasteiger charge is -2.11. The molecule has 3 heterocycles. The van der Waals surface area contributed by atoms with Crippen molar-refractivity contribution in [2.75, 3.05) is 15.8 Å². The number of hydrogen-bond acceptors (Lipinski definition) is 7. The van der Waals surface area contributed by atoms with Gasteiger partial charge in [0.1, 0.15) is 10.7 Å². The summed E-state index contributed by atoms with van der Waals surface area (Å²) in [6, 6.07) is 11.0. The van der Waals surface area contributed by atoms with Crippen LogP contribution in [-0.2, 0) is 10.0 Å². The van der Waals surface area contributed by atoms with Gasteiger partial charge in [0, 0.05) is 40.8 Å². The van der Waals surface area contributed by atoms with Crippen LogP contribution in [0.5, 0.6) is 0 Å². The fourth-order valence-corrected chi connectivity index (χ4v) is 5.28. The van der Waals surface area contributed by atoms with Gasteiger partial charge in [-0.25, -0.2) is 18.4 Å². The Hall–Kier alpha value is -3.05. The second-order valence-corrected chi connectivity index (χ2v) is 10.4. The molecular weight excluding hydrogens is 434 g/mol. The highest BCUT2D eigenvalue weighted by Gasteiger charge is 2.13. The molecular formula is C20H23N7O2S2. The monoisotopic (exact) mass is 457 g/mol. The number of nitrogens with one attached hydrogen (secondary N) is 3. The maximum Gasteiger partial charge on any atom is 0.232 e. The molecule has 4 aromatic rings. The van der Waals surface area contributed by atoms with Gasteiger partial charge in [-0.3, -0.25) is 14.2 Å². The lowest BCUT2D eigenvalue weighted by molar-refractivity contribution is 0.587. The van der Waals surface area contributed by atoms with Crippen molar-refractivity contribution >= 4 is 44.9 Å². The van der Waals surface area contributed by atoms with Crippen molar-refractivity contribution in [1.82, 2.24) is 24.6 Å². The Labute approximate surface area is 184 Å². The topological polar surface area (TPSA) is 117 Å². The zero-order chi connectivity index (χ0) is 22.0. The normalized spacial score (nSPS) is 11.9. The number of nitrogens with zero attached hydrogens (tertiary/aromatic N) is 4. The highest BCUT2D eigenvalue weighted by atomic mass is 32.2. The lowest BCUT2D eigenvalue weighted by atomic mass is 10.3. The van der Waals surface area contributed by atoms with Crippen LogP contribution >= 0.6 is 11.8 Å². The molecule has 1 aromatic carbocycles. The van der Waals surface area contributed by atoms with E-state index < -0.39 is 10.0 Å². The number of anilines is 3. The van der Waals surface area contributed by atoms with Crippen LogP contribution in [0.25, 0.3) is 5.65 Å². The predicted octanol–water partition coefficient (Wildman–Crippen LogP) is 4.05. The molecule has 3 N–H and O–H groups in total. The summed E-state index contributed by atoms with van der Waals surface area (Å²) in [5, 5.41) is 11.1. The minimum absolute atomic E-state index is 0.0594. The largest absolute Gasteiger partial charge is 0.308 e. The Bertz CT molecular complexity index is 1290. The van der Waals surface area contributed by atoms with Crippen molar-refractivity contribution in [2.45, 2.75) is 30.7 Å². The van der Waals surface area contributed by atoms with Crippen LogP contribution in [0.3, 0.4) is 0 Å². The summed E-state index contributed by atoms with van der Waals surface area (Å²) in [5.41, 5.74) is 2.24. The molecule has 4 rings (SSSR count). The van der Waals surface area contributed by atoms with Crippen LogP contribution in [0.4, 0.5) is 17.5 Å². The molecule has 0 spiro atoms. The Kier molecular flexibility index (Phi) is 5.88. The van der Waals surface area contributed by atoms with Gasteiger partial charge >= 0.3 is 0 Å². The van der Waals surface area contributed by atoms with Gasteiger partial charge in [0.05, 0.1) is 5.75 Å². The van der Waals surface area contributed by atoms with E-state index in [1.807, 2.05) is 55.6 Å². The first-order valence-corrected chi connectivity index (χ1v) is 12.2. The zero-order valence-electron chi connectivity index (χ0n) is 17.3. The summed E-state index contributed by atoms with van der Waals surface area (Å²) >= 11 is 1.46. The van der Waals surface area contributed by atoms with Gasteiger partial charge in [0.25, 0.3) is 0 Å². The fourth-order valence-electron chi connectivity index (χ4n) is 3.01. The van der Waals surface area contributed by atoms with E-state index in [1.54, 1.807) is 18.3 Å². The van der Waals surface area contributed by atoms with Gasteiger partial charge < -0.3 is 5.32 Å². The van der Waals surface area contributed by atoms with Crippen molar-refractivity contribution in [1.29, 1.82) is 0 Å². The number of benzene rings is 1. The molecule has 0 fully saturated rings. The molecule has 0 unspecified atom stereocenters. The van der Waals surface area contributed by atoms with E-state index in [0.717, 1.165) is 21.3 Å². The third kappa shape index (κ3) is 5.36. The Morgan fingerprint density at radius 3 is 2.65 bits per heavy atom. The number of aromatic nitrogens is 5. The number of aromatic amines is 1. The molecule has 11 heteroatoms. The fraction of sp³-hybridized carbons (Fsp3) is 0.250. The van der Waals surface area contributed by atoms with Crippen LogP contribution in [0.1, 0.15) is 19.5 Å². The quantitative estimate of drug-likeness (QED) is 0.342. The van der Waals surface area contributed by atoms with Gasteiger partial charge in [-0.05, 0) is 37.1 Å². The van der Waals surface area contributed by atoms with Crippen molar-refractivity contribution in [3.05, 3.63) is 54.5 Å². The number of rotatable bonds is 8. The molecule has 0 saturated heterocycles. The molecule has 0 amide bonds. The molecule has 9 nitrogen and oxygen atoms in total. The summed E-state index contributed by atoms with van der Waals surface area (Å²) in [4.78, 5) is 10.00. The molecule has 0 aliphatic heterocycles. The van der Waals surface area contributed by atoms with E-state index in [0.29, 0.717) is 17.5 Å². The van der Waals surface area contributed by atoms with E-state index in [9.17, 15) is 8.42 Å². The van der Waals surface area contributed by atoms with E-state index in [4.69, 9.17) is 4.98 Å². The smallest absolute Gasteiger partial charge is 0.232 e. The zero-order valence-corrected chi connectivity index (χ0v) is 19.0. The highest BCUT2D eigenvalue weighted by molar-refractivity contribution is 7.99. The molecule has 0 bridgehead atoms. The van der Waals surface area contributed by atoms with Crippen LogP contribution in [0, 0.1) is 12.8 Å². The van der Waals surface area contributed by atoms with E-state index in [2.05, 4.69) is 25.2 Å². The summed E-state index contributed by atoms with van der Waals surface area (Å²) < 4.78 is 28.7. The first-order valence-electron chi connectivity index (χ1n) is 9.69.